The van der Waals surface area contributed by atoms with Crippen LogP contribution in [0.15, 0.2) is 48.7 Å². The molecule has 1 aliphatic heterocycles. The van der Waals surface area contributed by atoms with Crippen molar-refractivity contribution in [2.24, 2.45) is 0 Å². The van der Waals surface area contributed by atoms with Gasteiger partial charge in [0, 0.05) is 38.8 Å². The van der Waals surface area contributed by atoms with Crippen LogP contribution in [0.4, 0.5) is 19.0 Å². The lowest BCUT2D eigenvalue weighted by Gasteiger charge is -2.35. The Kier molecular flexibility index (Phi) is 5.44. The van der Waals surface area contributed by atoms with Crippen LogP contribution >= 0.6 is 0 Å². The first kappa shape index (κ1) is 18.2. The fourth-order valence-electron chi connectivity index (χ4n) is 2.98. The summed E-state index contributed by atoms with van der Waals surface area (Å²) < 4.78 is 37.8. The molecular weight excluding hydrogens is 343 g/mol. The minimum Gasteiger partial charge on any atom is -0.353 e. The number of hydrogen-bond donors (Lipinski definition) is 0. The summed E-state index contributed by atoms with van der Waals surface area (Å²) in [6, 6.07) is 12.3. The van der Waals surface area contributed by atoms with E-state index in [1.165, 1.54) is 6.07 Å². The van der Waals surface area contributed by atoms with E-state index in [0.29, 0.717) is 44.8 Å². The van der Waals surface area contributed by atoms with Crippen LogP contribution in [-0.2, 0) is 17.4 Å². The number of carbonyl (C=O) groups is 1. The van der Waals surface area contributed by atoms with Crippen molar-refractivity contribution in [2.75, 3.05) is 31.1 Å². The molecule has 138 valence electrons. The summed E-state index contributed by atoms with van der Waals surface area (Å²) in [5.41, 5.74) is 0.379. The first-order valence-electron chi connectivity index (χ1n) is 8.53. The molecule has 3 rings (SSSR count). The molecule has 1 aliphatic rings. The van der Waals surface area contributed by atoms with Gasteiger partial charge < -0.3 is 9.80 Å². The van der Waals surface area contributed by atoms with Crippen molar-refractivity contribution in [1.82, 2.24) is 9.88 Å². The Morgan fingerprint density at radius 3 is 2.27 bits per heavy atom. The minimum absolute atomic E-state index is 0.105. The summed E-state index contributed by atoms with van der Waals surface area (Å²) in [4.78, 5) is 20.0. The molecule has 26 heavy (non-hydrogen) atoms. The van der Waals surface area contributed by atoms with Crippen LogP contribution in [0.5, 0.6) is 0 Å². The first-order chi connectivity index (χ1) is 12.4. The van der Waals surface area contributed by atoms with Crippen LogP contribution in [0.25, 0.3) is 0 Å². The molecule has 1 fully saturated rings. The third-order valence-corrected chi connectivity index (χ3v) is 4.50. The minimum atomic E-state index is -4.38. The fourth-order valence-corrected chi connectivity index (χ4v) is 2.98. The highest BCUT2D eigenvalue weighted by Crippen LogP contribution is 2.29. The van der Waals surface area contributed by atoms with Gasteiger partial charge in [0.15, 0.2) is 0 Å². The van der Waals surface area contributed by atoms with Crippen LogP contribution in [0.1, 0.15) is 17.5 Å². The zero-order valence-corrected chi connectivity index (χ0v) is 14.2. The number of aryl methyl sites for hydroxylation is 1. The maximum atomic E-state index is 12.6. The second-order valence-corrected chi connectivity index (χ2v) is 6.26. The molecule has 0 atom stereocenters. The fraction of sp³-hybridized carbons (Fsp3) is 0.368. The van der Waals surface area contributed by atoms with Crippen molar-refractivity contribution in [3.05, 3.63) is 59.8 Å². The average molecular weight is 363 g/mol. The summed E-state index contributed by atoms with van der Waals surface area (Å²) in [6.45, 7) is 2.23. The van der Waals surface area contributed by atoms with Gasteiger partial charge in [-0.3, -0.25) is 4.79 Å². The molecule has 1 saturated heterocycles. The van der Waals surface area contributed by atoms with Gasteiger partial charge in [0.2, 0.25) is 5.91 Å². The topological polar surface area (TPSA) is 36.4 Å². The van der Waals surface area contributed by atoms with Crippen molar-refractivity contribution in [3.8, 4) is 0 Å². The number of amides is 1. The molecule has 0 unspecified atom stereocenters. The molecule has 1 aromatic heterocycles. The maximum Gasteiger partial charge on any atom is 0.417 e. The van der Waals surface area contributed by atoms with Crippen LogP contribution in [0, 0.1) is 0 Å². The number of nitrogens with zero attached hydrogens (tertiary/aromatic N) is 3. The van der Waals surface area contributed by atoms with Gasteiger partial charge in [-0.05, 0) is 24.1 Å². The summed E-state index contributed by atoms with van der Waals surface area (Å²) in [5, 5.41) is 0. The van der Waals surface area contributed by atoms with Crippen molar-refractivity contribution >= 4 is 11.7 Å². The van der Waals surface area contributed by atoms with Gasteiger partial charge >= 0.3 is 6.18 Å². The Morgan fingerprint density at radius 2 is 1.69 bits per heavy atom. The normalized spacial score (nSPS) is 15.2. The Hall–Kier alpha value is -2.57. The van der Waals surface area contributed by atoms with Crippen molar-refractivity contribution in [1.29, 1.82) is 0 Å². The van der Waals surface area contributed by atoms with Crippen molar-refractivity contribution in [2.45, 2.75) is 19.0 Å². The molecule has 0 aliphatic carbocycles. The third kappa shape index (κ3) is 4.53. The van der Waals surface area contributed by atoms with E-state index in [2.05, 4.69) is 4.98 Å². The smallest absolute Gasteiger partial charge is 0.353 e. The van der Waals surface area contributed by atoms with E-state index in [9.17, 15) is 18.0 Å². The third-order valence-electron chi connectivity index (χ3n) is 4.50. The highest BCUT2D eigenvalue weighted by molar-refractivity contribution is 5.76. The molecule has 4 nitrogen and oxygen atoms in total. The lowest BCUT2D eigenvalue weighted by atomic mass is 10.1. The first-order valence-corrected chi connectivity index (χ1v) is 8.53. The summed E-state index contributed by atoms with van der Waals surface area (Å²) in [7, 11) is 0. The second kappa shape index (κ2) is 7.76. The zero-order chi connectivity index (χ0) is 18.6. The standard InChI is InChI=1S/C19H20F3N3O/c20-19(21,22)16-7-8-17(23-14-16)24-10-12-25(13-11-24)18(26)9-6-15-4-2-1-3-5-15/h1-5,7-8,14H,6,9-13H2. The summed E-state index contributed by atoms with van der Waals surface area (Å²) in [5.74, 6) is 0.614. The van der Waals surface area contributed by atoms with E-state index in [-0.39, 0.29) is 5.91 Å². The van der Waals surface area contributed by atoms with Gasteiger partial charge in [0.25, 0.3) is 0 Å². The molecule has 0 saturated carbocycles. The number of rotatable bonds is 4. The molecule has 7 heteroatoms. The second-order valence-electron chi connectivity index (χ2n) is 6.26. The summed E-state index contributed by atoms with van der Waals surface area (Å²) >= 11 is 0. The monoisotopic (exact) mass is 363 g/mol. The number of alkyl halides is 3. The Morgan fingerprint density at radius 1 is 1.00 bits per heavy atom. The zero-order valence-electron chi connectivity index (χ0n) is 14.2. The van der Waals surface area contributed by atoms with Crippen LogP contribution < -0.4 is 4.90 Å². The molecule has 0 bridgehead atoms. The van der Waals surface area contributed by atoms with Gasteiger partial charge in [-0.15, -0.1) is 0 Å². The van der Waals surface area contributed by atoms with Crippen LogP contribution in [0.2, 0.25) is 0 Å². The van der Waals surface area contributed by atoms with Crippen molar-refractivity contribution < 1.29 is 18.0 Å². The largest absolute Gasteiger partial charge is 0.417 e. The van der Waals surface area contributed by atoms with Gasteiger partial charge in [-0.25, -0.2) is 4.98 Å². The lowest BCUT2D eigenvalue weighted by Crippen LogP contribution is -2.49. The SMILES string of the molecule is O=C(CCc1ccccc1)N1CCN(c2ccc(C(F)(F)F)cn2)CC1. The number of carbonyl (C=O) groups excluding carboxylic acids is 1. The van der Waals surface area contributed by atoms with E-state index in [1.54, 1.807) is 0 Å². The highest BCUT2D eigenvalue weighted by atomic mass is 19.4. The number of piperazine rings is 1. The highest BCUT2D eigenvalue weighted by Gasteiger charge is 2.31. The quantitative estimate of drug-likeness (QED) is 0.836. The van der Waals surface area contributed by atoms with E-state index in [0.717, 1.165) is 17.8 Å². The van der Waals surface area contributed by atoms with Gasteiger partial charge in [-0.2, -0.15) is 13.2 Å². The number of aromatic nitrogens is 1. The lowest BCUT2D eigenvalue weighted by molar-refractivity contribution is -0.137. The molecule has 0 N–H and O–H groups in total. The van der Waals surface area contributed by atoms with Gasteiger partial charge in [0.1, 0.15) is 5.82 Å². The van der Waals surface area contributed by atoms with Crippen LogP contribution in [0.3, 0.4) is 0 Å². The van der Waals surface area contributed by atoms with Crippen molar-refractivity contribution in [3.63, 3.8) is 0 Å². The molecular formula is C19H20F3N3O. The van der Waals surface area contributed by atoms with Gasteiger partial charge in [0.05, 0.1) is 5.56 Å². The molecule has 0 spiro atoms. The summed E-state index contributed by atoms with van der Waals surface area (Å²) in [6.07, 6.45) is -2.36. The number of pyridine rings is 1. The van der Waals surface area contributed by atoms with Crippen LogP contribution in [-0.4, -0.2) is 42.0 Å². The Labute approximate surface area is 150 Å². The predicted octanol–water partition coefficient (Wildman–Crippen LogP) is 3.38. The molecule has 1 amide bonds. The van der Waals surface area contributed by atoms with E-state index in [1.807, 2.05) is 40.1 Å². The average Bonchev–Trinajstić information content (AvgIpc) is 2.66. The maximum absolute atomic E-state index is 12.6. The van der Waals surface area contributed by atoms with E-state index < -0.39 is 11.7 Å². The Balaban J connectivity index is 1.50. The predicted molar refractivity (Wildman–Crippen MR) is 92.8 cm³/mol. The van der Waals surface area contributed by atoms with E-state index in [4.69, 9.17) is 0 Å². The molecule has 2 aromatic rings. The number of anilines is 1. The molecule has 1 aromatic carbocycles. The number of halogens is 3. The molecule has 0 radical (unpaired) electrons. The van der Waals surface area contributed by atoms with E-state index >= 15 is 0 Å². The Bertz CT molecular complexity index is 724. The molecule has 2 heterocycles. The van der Waals surface area contributed by atoms with Gasteiger partial charge in [-0.1, -0.05) is 30.3 Å². The number of hydrogen-bond acceptors (Lipinski definition) is 3. The number of benzene rings is 1.